The number of aryl methyl sites for hydroxylation is 1. The Hall–Kier alpha value is -1.39. The molecule has 4 heteroatoms. The molecule has 0 aromatic heterocycles. The van der Waals surface area contributed by atoms with Crippen LogP contribution in [0.25, 0.3) is 0 Å². The largest absolute Gasteiger partial charge is 0.496 e. The molecule has 2 unspecified atom stereocenters. The van der Waals surface area contributed by atoms with Crippen LogP contribution < -0.4 is 10.1 Å². The van der Waals surface area contributed by atoms with Crippen LogP contribution in [-0.4, -0.2) is 38.2 Å². The third-order valence-electron chi connectivity index (χ3n) is 3.29. The molecule has 0 saturated carbocycles. The number of nitrogens with one attached hydrogen (secondary N) is 1. The number of morpholine rings is 1. The Morgan fingerprint density at radius 3 is 2.95 bits per heavy atom. The molecule has 0 bridgehead atoms. The molecular weight excluding hydrogens is 242 g/mol. The summed E-state index contributed by atoms with van der Waals surface area (Å²) in [6.07, 6.45) is 0.435. The van der Waals surface area contributed by atoms with E-state index in [2.05, 4.69) is 12.2 Å². The number of carbonyl (C=O) groups excluding carboxylic acids is 1. The topological polar surface area (TPSA) is 47.6 Å². The minimum atomic E-state index is 0.0847. The summed E-state index contributed by atoms with van der Waals surface area (Å²) in [5.41, 5.74) is 1.72. The maximum absolute atomic E-state index is 12.4. The van der Waals surface area contributed by atoms with Crippen molar-refractivity contribution < 1.29 is 14.3 Å². The normalized spacial score (nSPS) is 23.1. The van der Waals surface area contributed by atoms with Gasteiger partial charge in [0.25, 0.3) is 0 Å². The van der Waals surface area contributed by atoms with E-state index in [1.807, 2.05) is 25.1 Å². The van der Waals surface area contributed by atoms with Crippen LogP contribution in [-0.2, 0) is 4.74 Å². The van der Waals surface area contributed by atoms with E-state index < -0.39 is 0 Å². The van der Waals surface area contributed by atoms with Crippen molar-refractivity contribution in [1.82, 2.24) is 5.32 Å². The fourth-order valence-electron chi connectivity index (χ4n) is 2.38. The molecule has 1 aliphatic rings. The summed E-state index contributed by atoms with van der Waals surface area (Å²) in [5, 5.41) is 3.38. The van der Waals surface area contributed by atoms with Crippen LogP contribution in [0.1, 0.15) is 29.3 Å². The van der Waals surface area contributed by atoms with Gasteiger partial charge in [-0.3, -0.25) is 4.79 Å². The lowest BCUT2D eigenvalue weighted by atomic mass is 10.0. The number of hydrogen-bond acceptors (Lipinski definition) is 4. The Kier molecular flexibility index (Phi) is 4.56. The van der Waals surface area contributed by atoms with E-state index in [4.69, 9.17) is 9.47 Å². The van der Waals surface area contributed by atoms with Gasteiger partial charge in [0.15, 0.2) is 5.78 Å². The van der Waals surface area contributed by atoms with Crippen LogP contribution in [0.5, 0.6) is 5.75 Å². The summed E-state index contributed by atoms with van der Waals surface area (Å²) >= 11 is 0. The van der Waals surface area contributed by atoms with E-state index in [1.165, 1.54) is 0 Å². The van der Waals surface area contributed by atoms with Gasteiger partial charge in [-0.05, 0) is 26.0 Å². The first kappa shape index (κ1) is 14.0. The predicted molar refractivity (Wildman–Crippen MR) is 73.9 cm³/mol. The number of carbonyl (C=O) groups is 1. The number of ether oxygens (including phenoxy) is 2. The molecule has 4 nitrogen and oxygen atoms in total. The number of Topliss-reactive ketones (excluding diaryl/α,β-unsaturated/α-hetero) is 1. The first-order chi connectivity index (χ1) is 9.10. The molecule has 0 amide bonds. The van der Waals surface area contributed by atoms with Gasteiger partial charge in [0, 0.05) is 18.5 Å². The lowest BCUT2D eigenvalue weighted by molar-refractivity contribution is 0.0463. The lowest BCUT2D eigenvalue weighted by Crippen LogP contribution is -2.48. The summed E-state index contributed by atoms with van der Waals surface area (Å²) in [7, 11) is 1.59. The molecule has 0 radical (unpaired) electrons. The second kappa shape index (κ2) is 6.17. The van der Waals surface area contributed by atoms with Crippen LogP contribution >= 0.6 is 0 Å². The Morgan fingerprint density at radius 1 is 1.47 bits per heavy atom. The summed E-state index contributed by atoms with van der Waals surface area (Å²) in [6.45, 7) is 5.33. The van der Waals surface area contributed by atoms with Crippen LogP contribution in [0.4, 0.5) is 0 Å². The molecule has 1 aromatic carbocycles. The van der Waals surface area contributed by atoms with Gasteiger partial charge in [-0.15, -0.1) is 0 Å². The molecule has 1 heterocycles. The number of rotatable bonds is 4. The standard InChI is InChI=1S/C15H21NO3/c1-10-4-5-15(18-3)13(6-10)14(17)7-12-9-19-8-11(2)16-12/h4-6,11-12,16H,7-9H2,1-3H3. The highest BCUT2D eigenvalue weighted by molar-refractivity contribution is 5.99. The highest BCUT2D eigenvalue weighted by atomic mass is 16.5. The van der Waals surface area contributed by atoms with E-state index in [9.17, 15) is 4.79 Å². The number of methoxy groups -OCH3 is 1. The van der Waals surface area contributed by atoms with Crippen molar-refractivity contribution in [2.75, 3.05) is 20.3 Å². The van der Waals surface area contributed by atoms with Gasteiger partial charge in [-0.1, -0.05) is 11.6 Å². The second-order valence-corrected chi connectivity index (χ2v) is 5.13. The molecule has 0 spiro atoms. The maximum Gasteiger partial charge on any atom is 0.168 e. The maximum atomic E-state index is 12.4. The Balaban J connectivity index is 2.09. The number of ketones is 1. The van der Waals surface area contributed by atoms with Crippen LogP contribution in [0, 0.1) is 6.92 Å². The molecule has 1 saturated heterocycles. The SMILES string of the molecule is COc1ccc(C)cc1C(=O)CC1COCC(C)N1. The average molecular weight is 263 g/mol. The molecule has 0 aliphatic carbocycles. The zero-order valence-electron chi connectivity index (χ0n) is 11.7. The Bertz CT molecular complexity index is 459. The van der Waals surface area contributed by atoms with Gasteiger partial charge in [0.2, 0.25) is 0 Å². The van der Waals surface area contributed by atoms with E-state index in [0.29, 0.717) is 37.0 Å². The fraction of sp³-hybridized carbons (Fsp3) is 0.533. The number of hydrogen-bond donors (Lipinski definition) is 1. The molecule has 1 aliphatic heterocycles. The molecule has 1 N–H and O–H groups in total. The third-order valence-corrected chi connectivity index (χ3v) is 3.29. The van der Waals surface area contributed by atoms with Crippen molar-refractivity contribution in [2.24, 2.45) is 0 Å². The Labute approximate surface area is 114 Å². The molecule has 2 atom stereocenters. The first-order valence-corrected chi connectivity index (χ1v) is 6.61. The van der Waals surface area contributed by atoms with E-state index in [0.717, 1.165) is 5.56 Å². The van der Waals surface area contributed by atoms with Crippen molar-refractivity contribution in [2.45, 2.75) is 32.4 Å². The molecular formula is C15H21NO3. The molecule has 1 fully saturated rings. The summed E-state index contributed by atoms with van der Waals surface area (Å²) in [6, 6.07) is 6.05. The second-order valence-electron chi connectivity index (χ2n) is 5.13. The molecule has 104 valence electrons. The van der Waals surface area contributed by atoms with Crippen molar-refractivity contribution in [3.05, 3.63) is 29.3 Å². The predicted octanol–water partition coefficient (Wildman–Crippen LogP) is 1.95. The van der Waals surface area contributed by atoms with Crippen molar-refractivity contribution in [1.29, 1.82) is 0 Å². The van der Waals surface area contributed by atoms with Gasteiger partial charge >= 0.3 is 0 Å². The van der Waals surface area contributed by atoms with Crippen molar-refractivity contribution >= 4 is 5.78 Å². The summed E-state index contributed by atoms with van der Waals surface area (Å²) in [4.78, 5) is 12.4. The smallest absolute Gasteiger partial charge is 0.168 e. The lowest BCUT2D eigenvalue weighted by Gasteiger charge is -2.28. The average Bonchev–Trinajstić information content (AvgIpc) is 2.38. The van der Waals surface area contributed by atoms with Gasteiger partial charge < -0.3 is 14.8 Å². The highest BCUT2D eigenvalue weighted by Gasteiger charge is 2.23. The van der Waals surface area contributed by atoms with E-state index in [1.54, 1.807) is 7.11 Å². The minimum Gasteiger partial charge on any atom is -0.496 e. The van der Waals surface area contributed by atoms with E-state index >= 15 is 0 Å². The first-order valence-electron chi connectivity index (χ1n) is 6.61. The van der Waals surface area contributed by atoms with Gasteiger partial charge in [-0.2, -0.15) is 0 Å². The fourth-order valence-corrected chi connectivity index (χ4v) is 2.38. The monoisotopic (exact) mass is 263 g/mol. The zero-order chi connectivity index (χ0) is 13.8. The summed E-state index contributed by atoms with van der Waals surface area (Å²) in [5.74, 6) is 0.733. The molecule has 19 heavy (non-hydrogen) atoms. The van der Waals surface area contributed by atoms with Gasteiger partial charge in [0.05, 0.1) is 25.9 Å². The molecule has 1 aromatic rings. The number of benzene rings is 1. The highest BCUT2D eigenvalue weighted by Crippen LogP contribution is 2.22. The van der Waals surface area contributed by atoms with Gasteiger partial charge in [-0.25, -0.2) is 0 Å². The van der Waals surface area contributed by atoms with Crippen molar-refractivity contribution in [3.8, 4) is 5.75 Å². The summed E-state index contributed by atoms with van der Waals surface area (Å²) < 4.78 is 10.7. The third kappa shape index (κ3) is 3.55. The van der Waals surface area contributed by atoms with Crippen LogP contribution in [0.15, 0.2) is 18.2 Å². The minimum absolute atomic E-state index is 0.0847. The Morgan fingerprint density at radius 2 is 2.26 bits per heavy atom. The van der Waals surface area contributed by atoms with Crippen LogP contribution in [0.3, 0.4) is 0 Å². The van der Waals surface area contributed by atoms with E-state index in [-0.39, 0.29) is 11.8 Å². The zero-order valence-corrected chi connectivity index (χ0v) is 11.7. The quantitative estimate of drug-likeness (QED) is 0.844. The molecule has 2 rings (SSSR count). The van der Waals surface area contributed by atoms with Crippen molar-refractivity contribution in [3.63, 3.8) is 0 Å². The van der Waals surface area contributed by atoms with Gasteiger partial charge in [0.1, 0.15) is 5.75 Å². The van der Waals surface area contributed by atoms with Crippen LogP contribution in [0.2, 0.25) is 0 Å².